The lowest BCUT2D eigenvalue weighted by Gasteiger charge is -2.23. The minimum atomic E-state index is -0.655. The second kappa shape index (κ2) is 8.08. The zero-order valence-corrected chi connectivity index (χ0v) is 13.3. The Labute approximate surface area is 125 Å². The van der Waals surface area contributed by atoms with E-state index in [-0.39, 0.29) is 0 Å². The molecule has 0 aromatic carbocycles. The number of rotatable bonds is 2. The van der Waals surface area contributed by atoms with Crippen molar-refractivity contribution in [2.24, 2.45) is 11.8 Å². The van der Waals surface area contributed by atoms with Gasteiger partial charge in [0.05, 0.1) is 0 Å². The van der Waals surface area contributed by atoms with Crippen molar-refractivity contribution >= 4 is 0 Å². The predicted molar refractivity (Wildman–Crippen MR) is 85.4 cm³/mol. The summed E-state index contributed by atoms with van der Waals surface area (Å²) >= 11 is 0. The molecule has 0 radical (unpaired) electrons. The van der Waals surface area contributed by atoms with E-state index in [2.05, 4.69) is 18.8 Å². The van der Waals surface area contributed by atoms with Crippen molar-refractivity contribution in [2.75, 3.05) is 0 Å². The van der Waals surface area contributed by atoms with Crippen molar-refractivity contribution in [1.82, 2.24) is 0 Å². The van der Waals surface area contributed by atoms with Gasteiger partial charge in [0.15, 0.2) is 0 Å². The Morgan fingerprint density at radius 1 is 1.05 bits per heavy atom. The van der Waals surface area contributed by atoms with Crippen LogP contribution in [0.2, 0.25) is 0 Å². The van der Waals surface area contributed by atoms with Crippen LogP contribution in [0.1, 0.15) is 90.4 Å². The van der Waals surface area contributed by atoms with E-state index >= 15 is 0 Å². The van der Waals surface area contributed by atoms with E-state index in [4.69, 9.17) is 0 Å². The summed E-state index contributed by atoms with van der Waals surface area (Å²) in [6.45, 7) is 2.20. The highest BCUT2D eigenvalue weighted by Crippen LogP contribution is 2.51. The SMILES string of the molecule is CCCCC#C[C@@]1(O)CCCCCCCCC[C@@H]2C[C@@H]21. The predicted octanol–water partition coefficient (Wildman–Crippen LogP) is 5.07. The standard InChI is InChI=1S/C19H32O/c1-2-3-4-11-14-19(20)15-12-9-7-5-6-8-10-13-17-16-18(17)19/h17-18,20H,2-10,12-13,15-16H2,1H3/t17-,18+,19-/m1/s1. The number of hydrogen-bond donors (Lipinski definition) is 1. The Morgan fingerprint density at radius 2 is 1.75 bits per heavy atom. The third-order valence-corrected chi connectivity index (χ3v) is 5.13. The summed E-state index contributed by atoms with van der Waals surface area (Å²) in [4.78, 5) is 0. The molecule has 0 aromatic rings. The van der Waals surface area contributed by atoms with Crippen molar-refractivity contribution < 1.29 is 5.11 Å². The van der Waals surface area contributed by atoms with Crippen molar-refractivity contribution in [1.29, 1.82) is 0 Å². The van der Waals surface area contributed by atoms with E-state index in [1.165, 1.54) is 57.8 Å². The quantitative estimate of drug-likeness (QED) is 0.551. The fraction of sp³-hybridized carbons (Fsp3) is 0.895. The zero-order valence-electron chi connectivity index (χ0n) is 13.3. The highest BCUT2D eigenvalue weighted by molar-refractivity contribution is 5.20. The van der Waals surface area contributed by atoms with Crippen molar-refractivity contribution in [3.8, 4) is 11.8 Å². The summed E-state index contributed by atoms with van der Waals surface area (Å²) < 4.78 is 0. The van der Waals surface area contributed by atoms with Gasteiger partial charge in [0.1, 0.15) is 5.60 Å². The first-order valence-corrected chi connectivity index (χ1v) is 8.98. The van der Waals surface area contributed by atoms with Crippen molar-refractivity contribution in [3.05, 3.63) is 0 Å². The molecule has 0 aromatic heterocycles. The van der Waals surface area contributed by atoms with Gasteiger partial charge in [0.2, 0.25) is 0 Å². The molecule has 0 saturated heterocycles. The molecule has 2 rings (SSSR count). The van der Waals surface area contributed by atoms with Crippen LogP contribution in [0.5, 0.6) is 0 Å². The first-order chi connectivity index (χ1) is 9.76. The van der Waals surface area contributed by atoms with E-state index in [1.807, 2.05) is 0 Å². The van der Waals surface area contributed by atoms with Crippen LogP contribution < -0.4 is 0 Å². The summed E-state index contributed by atoms with van der Waals surface area (Å²) in [5.41, 5.74) is -0.655. The second-order valence-electron chi connectivity index (χ2n) is 6.95. The van der Waals surface area contributed by atoms with E-state index < -0.39 is 5.60 Å². The highest BCUT2D eigenvalue weighted by Gasteiger charge is 2.50. The second-order valence-corrected chi connectivity index (χ2v) is 6.95. The van der Waals surface area contributed by atoms with Gasteiger partial charge in [0.25, 0.3) is 0 Å². The lowest BCUT2D eigenvalue weighted by Crippen LogP contribution is -2.30. The lowest BCUT2D eigenvalue weighted by molar-refractivity contribution is 0.0588. The monoisotopic (exact) mass is 276 g/mol. The average Bonchev–Trinajstić information content (AvgIpc) is 3.21. The molecule has 1 N–H and O–H groups in total. The summed E-state index contributed by atoms with van der Waals surface area (Å²) in [5.74, 6) is 7.79. The van der Waals surface area contributed by atoms with E-state index in [1.54, 1.807) is 0 Å². The van der Waals surface area contributed by atoms with E-state index in [0.29, 0.717) is 5.92 Å². The molecular formula is C19H32O. The molecule has 2 aliphatic carbocycles. The molecule has 2 aliphatic rings. The lowest BCUT2D eigenvalue weighted by atomic mass is 9.88. The molecule has 0 amide bonds. The Bertz CT molecular complexity index is 337. The van der Waals surface area contributed by atoms with Gasteiger partial charge >= 0.3 is 0 Å². The minimum Gasteiger partial charge on any atom is -0.377 e. The highest BCUT2D eigenvalue weighted by atomic mass is 16.3. The van der Waals surface area contributed by atoms with Crippen LogP contribution in [-0.2, 0) is 0 Å². The molecule has 2 saturated carbocycles. The van der Waals surface area contributed by atoms with Gasteiger partial charge in [-0.3, -0.25) is 0 Å². The third-order valence-electron chi connectivity index (χ3n) is 5.13. The van der Waals surface area contributed by atoms with Crippen LogP contribution in [0.25, 0.3) is 0 Å². The fourth-order valence-electron chi connectivity index (χ4n) is 3.66. The topological polar surface area (TPSA) is 20.2 Å². The smallest absolute Gasteiger partial charge is 0.128 e. The van der Waals surface area contributed by atoms with Crippen LogP contribution in [0.15, 0.2) is 0 Å². The summed E-state index contributed by atoms with van der Waals surface area (Å²) in [7, 11) is 0. The van der Waals surface area contributed by atoms with Crippen LogP contribution in [0.3, 0.4) is 0 Å². The number of fused-ring (bicyclic) bond motifs is 1. The molecular weight excluding hydrogens is 244 g/mol. The van der Waals surface area contributed by atoms with Crippen LogP contribution in [0, 0.1) is 23.7 Å². The molecule has 3 atom stereocenters. The van der Waals surface area contributed by atoms with Gasteiger partial charge in [0, 0.05) is 12.3 Å². The summed E-state index contributed by atoms with van der Waals surface area (Å²) in [6.07, 6.45) is 16.1. The Morgan fingerprint density at radius 3 is 2.50 bits per heavy atom. The molecule has 1 heteroatoms. The maximum Gasteiger partial charge on any atom is 0.128 e. The van der Waals surface area contributed by atoms with Gasteiger partial charge in [-0.15, -0.1) is 5.92 Å². The average molecular weight is 276 g/mol. The van der Waals surface area contributed by atoms with Crippen LogP contribution in [-0.4, -0.2) is 10.7 Å². The largest absolute Gasteiger partial charge is 0.377 e. The minimum absolute atomic E-state index is 0.482. The maximum absolute atomic E-state index is 11.0. The maximum atomic E-state index is 11.0. The van der Waals surface area contributed by atoms with Gasteiger partial charge in [-0.2, -0.15) is 0 Å². The third kappa shape index (κ3) is 4.81. The van der Waals surface area contributed by atoms with Gasteiger partial charge in [-0.05, 0) is 31.6 Å². The van der Waals surface area contributed by atoms with Crippen molar-refractivity contribution in [3.63, 3.8) is 0 Å². The van der Waals surface area contributed by atoms with Gasteiger partial charge in [-0.1, -0.05) is 64.2 Å². The molecule has 0 heterocycles. The molecule has 114 valence electrons. The first kappa shape index (κ1) is 15.9. The molecule has 0 spiro atoms. The molecule has 0 aliphatic heterocycles. The van der Waals surface area contributed by atoms with Gasteiger partial charge in [-0.25, -0.2) is 0 Å². The fourth-order valence-corrected chi connectivity index (χ4v) is 3.66. The van der Waals surface area contributed by atoms with Gasteiger partial charge < -0.3 is 5.11 Å². The summed E-state index contributed by atoms with van der Waals surface area (Å²) in [6, 6.07) is 0. The molecule has 20 heavy (non-hydrogen) atoms. The summed E-state index contributed by atoms with van der Waals surface area (Å²) in [5, 5.41) is 11.0. The van der Waals surface area contributed by atoms with Crippen LogP contribution >= 0.6 is 0 Å². The Hall–Kier alpha value is -0.480. The number of unbranched alkanes of at least 4 members (excludes halogenated alkanes) is 2. The molecule has 1 nitrogen and oxygen atoms in total. The molecule has 0 bridgehead atoms. The molecule has 0 unspecified atom stereocenters. The van der Waals surface area contributed by atoms with Crippen LogP contribution in [0.4, 0.5) is 0 Å². The number of hydrogen-bond acceptors (Lipinski definition) is 1. The first-order valence-electron chi connectivity index (χ1n) is 8.98. The van der Waals surface area contributed by atoms with E-state index in [9.17, 15) is 5.11 Å². The number of aliphatic hydroxyl groups is 1. The normalized spacial score (nSPS) is 34.9. The Kier molecular flexibility index (Phi) is 6.43. The Balaban J connectivity index is 1.92. The zero-order chi connectivity index (χ0) is 14.3. The molecule has 2 fully saturated rings. The van der Waals surface area contributed by atoms with Crippen molar-refractivity contribution in [2.45, 2.75) is 96.0 Å². The van der Waals surface area contributed by atoms with E-state index in [0.717, 1.165) is 31.6 Å².